The number of anilines is 1. The summed E-state index contributed by atoms with van der Waals surface area (Å²) in [7, 11) is 5.35. The zero-order chi connectivity index (χ0) is 27.6. The molecule has 0 atom stereocenters. The molecular weight excluding hydrogens is 486 g/mol. The number of rotatable bonds is 7. The number of nitro groups is 1. The molecule has 0 radical (unpaired) electrons. The maximum absolute atomic E-state index is 12.5. The first kappa shape index (κ1) is 26.2. The maximum atomic E-state index is 12.5. The monoisotopic (exact) mass is 513 g/mol. The summed E-state index contributed by atoms with van der Waals surface area (Å²) in [5, 5.41) is 23.0. The molecule has 1 aromatic heterocycles. The van der Waals surface area contributed by atoms with Gasteiger partial charge in [0.25, 0.3) is 5.69 Å². The predicted octanol–water partition coefficient (Wildman–Crippen LogP) is 4.61. The maximum Gasteiger partial charge on any atom is 0.271 e. The van der Waals surface area contributed by atoms with Gasteiger partial charge >= 0.3 is 0 Å². The Morgan fingerprint density at radius 1 is 1.00 bits per heavy atom. The molecule has 0 bridgehead atoms. The first-order valence-electron chi connectivity index (χ1n) is 11.8. The molecule has 1 heterocycles. The molecule has 0 aliphatic carbocycles. The molecule has 4 aromatic rings. The Labute approximate surface area is 219 Å². The lowest BCUT2D eigenvalue weighted by molar-refractivity contribution is -0.384. The average molecular weight is 514 g/mol. The molecule has 10 heteroatoms. The lowest BCUT2D eigenvalue weighted by Gasteiger charge is -2.19. The molecule has 0 saturated carbocycles. The van der Waals surface area contributed by atoms with E-state index in [-0.39, 0.29) is 35.1 Å². The molecule has 4 rings (SSSR count). The van der Waals surface area contributed by atoms with E-state index >= 15 is 0 Å². The quantitative estimate of drug-likeness (QED) is 0.219. The van der Waals surface area contributed by atoms with Gasteiger partial charge in [-0.1, -0.05) is 30.3 Å². The Kier molecular flexibility index (Phi) is 7.35. The highest BCUT2D eigenvalue weighted by Gasteiger charge is 2.25. The third-order valence-electron chi connectivity index (χ3n) is 6.04. The highest BCUT2D eigenvalue weighted by molar-refractivity contribution is 6.23. The van der Waals surface area contributed by atoms with Crippen molar-refractivity contribution in [2.24, 2.45) is 4.99 Å². The largest absolute Gasteiger partial charge is 0.494 e. The number of aromatic hydroxyl groups is 1. The van der Waals surface area contributed by atoms with E-state index in [0.29, 0.717) is 28.0 Å². The minimum atomic E-state index is -0.554. The number of aliphatic imine (C=N–C) groups is 1. The lowest BCUT2D eigenvalue weighted by atomic mass is 10.0. The molecule has 0 aliphatic rings. The van der Waals surface area contributed by atoms with Gasteiger partial charge in [0.15, 0.2) is 0 Å². The summed E-state index contributed by atoms with van der Waals surface area (Å²) in [5.74, 6) is -0.921. The van der Waals surface area contributed by atoms with Crippen LogP contribution in [0.3, 0.4) is 0 Å². The van der Waals surface area contributed by atoms with Gasteiger partial charge in [-0.25, -0.2) is 9.56 Å². The number of fused-ring (bicyclic) bond motifs is 1. The van der Waals surface area contributed by atoms with E-state index in [1.807, 2.05) is 44.4 Å². The highest BCUT2D eigenvalue weighted by Crippen LogP contribution is 2.36. The average Bonchev–Trinajstić information content (AvgIpc) is 3.18. The van der Waals surface area contributed by atoms with Crippen molar-refractivity contribution in [1.29, 1.82) is 0 Å². The van der Waals surface area contributed by atoms with Crippen molar-refractivity contribution < 1.29 is 19.6 Å². The number of non-ortho nitro benzene ring substituents is 1. The van der Waals surface area contributed by atoms with Crippen LogP contribution in [-0.4, -0.2) is 64.7 Å². The van der Waals surface area contributed by atoms with Crippen molar-refractivity contribution in [3.63, 3.8) is 0 Å². The van der Waals surface area contributed by atoms with Crippen molar-refractivity contribution in [1.82, 2.24) is 9.47 Å². The van der Waals surface area contributed by atoms with Crippen molar-refractivity contribution in [3.05, 3.63) is 94.0 Å². The van der Waals surface area contributed by atoms with Crippen molar-refractivity contribution in [2.45, 2.75) is 6.92 Å². The van der Waals surface area contributed by atoms with E-state index in [1.165, 1.54) is 25.1 Å². The second-order valence-corrected chi connectivity index (χ2v) is 9.04. The van der Waals surface area contributed by atoms with Crippen LogP contribution in [0.2, 0.25) is 0 Å². The number of amides is 1. The van der Waals surface area contributed by atoms with E-state index in [0.717, 1.165) is 4.57 Å². The smallest absolute Gasteiger partial charge is 0.271 e. The van der Waals surface area contributed by atoms with Crippen LogP contribution in [0.15, 0.2) is 77.8 Å². The van der Waals surface area contributed by atoms with Gasteiger partial charge in [0, 0.05) is 42.7 Å². The molecule has 10 nitrogen and oxygen atoms in total. The standard InChI is InChI=1S/C28H27N5O5/c1-18(34)32-24-16-22(33(37)38)14-15-23(24)26(28(32)36)27(19-8-6-5-7-9-19)29-20-10-12-21(13-11-20)31(4)25(35)17-30(2)3/h5-16,36H,17H2,1-4H3. The van der Waals surface area contributed by atoms with E-state index in [1.54, 1.807) is 41.1 Å². The molecule has 0 saturated heterocycles. The first-order valence-corrected chi connectivity index (χ1v) is 11.8. The number of aromatic nitrogens is 1. The molecular formula is C28H27N5O5. The fourth-order valence-electron chi connectivity index (χ4n) is 4.19. The Morgan fingerprint density at radius 2 is 1.66 bits per heavy atom. The Balaban J connectivity index is 1.88. The Hall–Kier alpha value is -4.83. The van der Waals surface area contributed by atoms with Crippen LogP contribution in [-0.2, 0) is 4.79 Å². The molecule has 0 spiro atoms. The van der Waals surface area contributed by atoms with Crippen LogP contribution in [0.25, 0.3) is 10.9 Å². The van der Waals surface area contributed by atoms with Gasteiger partial charge in [-0.15, -0.1) is 0 Å². The number of carbonyl (C=O) groups excluding carboxylic acids is 2. The summed E-state index contributed by atoms with van der Waals surface area (Å²) in [6, 6.07) is 20.3. The van der Waals surface area contributed by atoms with Gasteiger partial charge in [-0.05, 0) is 44.4 Å². The molecule has 1 N–H and O–H groups in total. The third-order valence-corrected chi connectivity index (χ3v) is 6.04. The molecule has 0 aliphatic heterocycles. The number of nitro benzene ring substituents is 1. The van der Waals surface area contributed by atoms with E-state index < -0.39 is 10.8 Å². The van der Waals surface area contributed by atoms with Crippen LogP contribution >= 0.6 is 0 Å². The van der Waals surface area contributed by atoms with Gasteiger partial charge in [0.05, 0.1) is 33.9 Å². The number of likely N-dealkylation sites (N-methyl/N-ethyl adjacent to an activating group) is 2. The zero-order valence-electron chi connectivity index (χ0n) is 21.5. The van der Waals surface area contributed by atoms with Crippen LogP contribution < -0.4 is 4.90 Å². The normalized spacial score (nSPS) is 11.7. The molecule has 38 heavy (non-hydrogen) atoms. The number of hydrogen-bond donors (Lipinski definition) is 1. The van der Waals surface area contributed by atoms with Crippen LogP contribution in [0.4, 0.5) is 17.1 Å². The number of benzene rings is 3. The molecule has 0 unspecified atom stereocenters. The van der Waals surface area contributed by atoms with Gasteiger partial charge in [-0.3, -0.25) is 19.7 Å². The van der Waals surface area contributed by atoms with Gasteiger partial charge in [0.2, 0.25) is 17.7 Å². The first-order chi connectivity index (χ1) is 18.1. The molecule has 3 aromatic carbocycles. The molecule has 0 fully saturated rings. The predicted molar refractivity (Wildman–Crippen MR) is 147 cm³/mol. The summed E-state index contributed by atoms with van der Waals surface area (Å²) in [5.41, 5.74) is 2.58. The van der Waals surface area contributed by atoms with Crippen LogP contribution in [0.5, 0.6) is 5.88 Å². The second kappa shape index (κ2) is 10.7. The van der Waals surface area contributed by atoms with Crippen molar-refractivity contribution >= 4 is 45.5 Å². The summed E-state index contributed by atoms with van der Waals surface area (Å²) in [4.78, 5) is 43.9. The highest BCUT2D eigenvalue weighted by atomic mass is 16.6. The van der Waals surface area contributed by atoms with Gasteiger partial charge < -0.3 is 14.9 Å². The minimum Gasteiger partial charge on any atom is -0.494 e. The zero-order valence-corrected chi connectivity index (χ0v) is 21.5. The van der Waals surface area contributed by atoms with E-state index in [4.69, 9.17) is 4.99 Å². The molecule has 194 valence electrons. The SMILES string of the molecule is CC(=O)n1c(O)c(C(=Nc2ccc(N(C)C(=O)CN(C)C)cc2)c2ccccc2)c2ccc([N+](=O)[O-])cc21. The van der Waals surface area contributed by atoms with Crippen LogP contribution in [0.1, 0.15) is 22.8 Å². The van der Waals surface area contributed by atoms with Crippen LogP contribution in [0, 0.1) is 10.1 Å². The van der Waals surface area contributed by atoms with Gasteiger partial charge in [0.1, 0.15) is 0 Å². The number of nitrogens with zero attached hydrogens (tertiary/aromatic N) is 5. The van der Waals surface area contributed by atoms with E-state index in [2.05, 4.69) is 0 Å². The summed E-state index contributed by atoms with van der Waals surface area (Å²) in [6.45, 7) is 1.54. The second-order valence-electron chi connectivity index (χ2n) is 9.04. The summed E-state index contributed by atoms with van der Waals surface area (Å²) < 4.78 is 1.05. The lowest BCUT2D eigenvalue weighted by Crippen LogP contribution is -2.34. The summed E-state index contributed by atoms with van der Waals surface area (Å²) in [6.07, 6.45) is 0. The fraction of sp³-hybridized carbons (Fsp3) is 0.179. The summed E-state index contributed by atoms with van der Waals surface area (Å²) >= 11 is 0. The Morgan fingerprint density at radius 3 is 2.24 bits per heavy atom. The topological polar surface area (TPSA) is 121 Å². The third kappa shape index (κ3) is 5.16. The van der Waals surface area contributed by atoms with E-state index in [9.17, 15) is 24.8 Å². The fourth-order valence-corrected chi connectivity index (χ4v) is 4.19. The molecule has 1 amide bonds. The van der Waals surface area contributed by atoms with Crippen molar-refractivity contribution in [2.75, 3.05) is 32.6 Å². The van der Waals surface area contributed by atoms with Crippen molar-refractivity contribution in [3.8, 4) is 5.88 Å². The number of carbonyl (C=O) groups is 2. The van der Waals surface area contributed by atoms with Gasteiger partial charge in [-0.2, -0.15) is 0 Å². The minimum absolute atomic E-state index is 0.0627. The number of hydrogen-bond acceptors (Lipinski definition) is 7. The Bertz CT molecular complexity index is 1560.